The van der Waals surface area contributed by atoms with Gasteiger partial charge in [-0.3, -0.25) is 4.98 Å². The number of nitrogens with two attached hydrogens (primary N) is 1. The highest BCUT2D eigenvalue weighted by molar-refractivity contribution is 7.89. The summed E-state index contributed by atoms with van der Waals surface area (Å²) >= 11 is 0. The molecule has 5 nitrogen and oxygen atoms in total. The lowest BCUT2D eigenvalue weighted by Crippen LogP contribution is -2.43. The van der Waals surface area contributed by atoms with Crippen molar-refractivity contribution in [1.29, 1.82) is 0 Å². The van der Waals surface area contributed by atoms with Gasteiger partial charge in [-0.05, 0) is 25.0 Å². The fourth-order valence-corrected chi connectivity index (χ4v) is 3.19. The summed E-state index contributed by atoms with van der Waals surface area (Å²) in [6.45, 7) is 0. The second-order valence-electron chi connectivity index (χ2n) is 4.01. The molecular formula is C10H15N3O2S. The monoisotopic (exact) mass is 241 g/mol. The van der Waals surface area contributed by atoms with Crippen molar-refractivity contribution in [3.63, 3.8) is 0 Å². The smallest absolute Gasteiger partial charge is 0.242 e. The number of nitrogens with zero attached hydrogens (tertiary/aromatic N) is 1. The van der Waals surface area contributed by atoms with Crippen LogP contribution in [0.1, 0.15) is 19.3 Å². The van der Waals surface area contributed by atoms with Crippen LogP contribution in [-0.4, -0.2) is 25.5 Å². The van der Waals surface area contributed by atoms with Gasteiger partial charge in [0.2, 0.25) is 10.0 Å². The van der Waals surface area contributed by atoms with E-state index in [0.29, 0.717) is 0 Å². The first kappa shape index (κ1) is 11.5. The molecule has 2 unspecified atom stereocenters. The largest absolute Gasteiger partial charge is 0.326 e. The van der Waals surface area contributed by atoms with E-state index in [4.69, 9.17) is 5.73 Å². The van der Waals surface area contributed by atoms with E-state index in [1.54, 1.807) is 12.3 Å². The summed E-state index contributed by atoms with van der Waals surface area (Å²) in [5.74, 6) is 0. The van der Waals surface area contributed by atoms with Gasteiger partial charge in [0.1, 0.15) is 4.90 Å². The molecule has 0 amide bonds. The highest BCUT2D eigenvalue weighted by atomic mass is 32.2. The van der Waals surface area contributed by atoms with Gasteiger partial charge in [0, 0.05) is 24.5 Å². The first-order valence-electron chi connectivity index (χ1n) is 5.27. The third kappa shape index (κ3) is 2.40. The third-order valence-electron chi connectivity index (χ3n) is 2.82. The molecule has 1 aromatic rings. The molecule has 0 aliphatic heterocycles. The number of aromatic nitrogens is 1. The molecule has 0 radical (unpaired) electrons. The van der Waals surface area contributed by atoms with E-state index in [1.165, 1.54) is 12.3 Å². The molecule has 1 heterocycles. The first-order valence-corrected chi connectivity index (χ1v) is 6.76. The molecule has 1 aliphatic rings. The molecule has 2 rings (SSSR count). The molecule has 1 aromatic heterocycles. The van der Waals surface area contributed by atoms with Crippen LogP contribution in [0.4, 0.5) is 0 Å². The second kappa shape index (κ2) is 4.48. The first-order chi connectivity index (χ1) is 7.59. The van der Waals surface area contributed by atoms with Gasteiger partial charge in [-0.1, -0.05) is 6.42 Å². The highest BCUT2D eigenvalue weighted by Gasteiger charge is 2.28. The minimum absolute atomic E-state index is 0.0774. The van der Waals surface area contributed by atoms with Gasteiger partial charge in [0.05, 0.1) is 0 Å². The van der Waals surface area contributed by atoms with Gasteiger partial charge >= 0.3 is 0 Å². The fourth-order valence-electron chi connectivity index (χ4n) is 1.91. The number of rotatable bonds is 3. The quantitative estimate of drug-likeness (QED) is 0.794. The van der Waals surface area contributed by atoms with Crippen molar-refractivity contribution in [2.45, 2.75) is 36.2 Å². The van der Waals surface area contributed by atoms with Crippen LogP contribution in [0.25, 0.3) is 0 Å². The highest BCUT2D eigenvalue weighted by Crippen LogP contribution is 2.19. The third-order valence-corrected chi connectivity index (χ3v) is 4.30. The molecule has 1 aliphatic carbocycles. The van der Waals surface area contributed by atoms with Crippen LogP contribution < -0.4 is 10.5 Å². The van der Waals surface area contributed by atoms with E-state index in [0.717, 1.165) is 19.3 Å². The van der Waals surface area contributed by atoms with Gasteiger partial charge in [0.15, 0.2) is 0 Å². The van der Waals surface area contributed by atoms with Gasteiger partial charge in [0.25, 0.3) is 0 Å². The maximum atomic E-state index is 11.9. The lowest BCUT2D eigenvalue weighted by atomic mass is 10.2. The van der Waals surface area contributed by atoms with Gasteiger partial charge in [-0.2, -0.15) is 0 Å². The lowest BCUT2D eigenvalue weighted by molar-refractivity contribution is 0.522. The fraction of sp³-hybridized carbons (Fsp3) is 0.500. The van der Waals surface area contributed by atoms with E-state index in [2.05, 4.69) is 9.71 Å². The van der Waals surface area contributed by atoms with Crippen molar-refractivity contribution in [3.8, 4) is 0 Å². The minimum atomic E-state index is -3.47. The maximum absolute atomic E-state index is 11.9. The molecule has 1 fully saturated rings. The Bertz CT molecular complexity index is 446. The van der Waals surface area contributed by atoms with Crippen LogP contribution in [0.3, 0.4) is 0 Å². The van der Waals surface area contributed by atoms with Crippen LogP contribution in [0.15, 0.2) is 29.4 Å². The molecule has 88 valence electrons. The number of hydrogen-bond donors (Lipinski definition) is 2. The Labute approximate surface area is 95.1 Å². The molecule has 0 saturated heterocycles. The van der Waals surface area contributed by atoms with Gasteiger partial charge in [-0.25, -0.2) is 13.1 Å². The Morgan fingerprint density at radius 3 is 2.81 bits per heavy atom. The zero-order valence-electron chi connectivity index (χ0n) is 8.83. The van der Waals surface area contributed by atoms with Crippen LogP contribution in [-0.2, 0) is 10.0 Å². The Morgan fingerprint density at radius 1 is 1.44 bits per heavy atom. The molecule has 16 heavy (non-hydrogen) atoms. The summed E-state index contributed by atoms with van der Waals surface area (Å²) in [5, 5.41) is 0. The molecule has 0 aromatic carbocycles. The van der Waals surface area contributed by atoms with Gasteiger partial charge in [-0.15, -0.1) is 0 Å². The van der Waals surface area contributed by atoms with Crippen LogP contribution >= 0.6 is 0 Å². The normalized spacial score (nSPS) is 25.8. The van der Waals surface area contributed by atoms with E-state index < -0.39 is 10.0 Å². The molecule has 2 atom stereocenters. The summed E-state index contributed by atoms with van der Waals surface area (Å²) in [6.07, 6.45) is 5.53. The summed E-state index contributed by atoms with van der Waals surface area (Å²) in [4.78, 5) is 3.98. The van der Waals surface area contributed by atoms with E-state index >= 15 is 0 Å². The topological polar surface area (TPSA) is 85.1 Å². The molecule has 6 heteroatoms. The van der Waals surface area contributed by atoms with Crippen molar-refractivity contribution in [3.05, 3.63) is 24.5 Å². The van der Waals surface area contributed by atoms with Crippen molar-refractivity contribution >= 4 is 10.0 Å². The Balaban J connectivity index is 2.15. The SMILES string of the molecule is NC1CCCC1NS(=O)(=O)c1cccnc1. The minimum Gasteiger partial charge on any atom is -0.326 e. The average molecular weight is 241 g/mol. The number of nitrogens with one attached hydrogen (secondary N) is 1. The number of hydrogen-bond acceptors (Lipinski definition) is 4. The Kier molecular flexibility index (Phi) is 3.22. The predicted octanol–water partition coefficient (Wildman–Crippen LogP) is 0.240. The van der Waals surface area contributed by atoms with Crippen LogP contribution in [0.5, 0.6) is 0 Å². The average Bonchev–Trinajstić information content (AvgIpc) is 2.65. The molecule has 0 bridgehead atoms. The molecule has 0 spiro atoms. The van der Waals surface area contributed by atoms with Gasteiger partial charge < -0.3 is 5.73 Å². The van der Waals surface area contributed by atoms with E-state index in [-0.39, 0.29) is 17.0 Å². The molecule has 3 N–H and O–H groups in total. The summed E-state index contributed by atoms with van der Waals surface area (Å²) < 4.78 is 26.5. The summed E-state index contributed by atoms with van der Waals surface area (Å²) in [5.41, 5.74) is 5.82. The maximum Gasteiger partial charge on any atom is 0.242 e. The van der Waals surface area contributed by atoms with Crippen molar-refractivity contribution in [2.75, 3.05) is 0 Å². The number of pyridine rings is 1. The zero-order chi connectivity index (χ0) is 11.6. The van der Waals surface area contributed by atoms with Crippen LogP contribution in [0, 0.1) is 0 Å². The van der Waals surface area contributed by atoms with E-state index in [1.807, 2.05) is 0 Å². The summed E-state index contributed by atoms with van der Waals surface area (Å²) in [7, 11) is -3.47. The summed E-state index contributed by atoms with van der Waals surface area (Å²) in [6, 6.07) is 2.90. The Hall–Kier alpha value is -0.980. The standard InChI is InChI=1S/C10H15N3O2S/c11-9-4-1-5-10(9)13-16(14,15)8-3-2-6-12-7-8/h2-3,6-7,9-10,13H,1,4-5,11H2. The van der Waals surface area contributed by atoms with Crippen molar-refractivity contribution in [1.82, 2.24) is 9.71 Å². The predicted molar refractivity (Wildman–Crippen MR) is 60.2 cm³/mol. The Morgan fingerprint density at radius 2 is 2.25 bits per heavy atom. The zero-order valence-corrected chi connectivity index (χ0v) is 9.65. The van der Waals surface area contributed by atoms with Crippen molar-refractivity contribution < 1.29 is 8.42 Å². The second-order valence-corrected chi connectivity index (χ2v) is 5.73. The van der Waals surface area contributed by atoms with Crippen molar-refractivity contribution in [2.24, 2.45) is 5.73 Å². The number of sulfonamides is 1. The molecular weight excluding hydrogens is 226 g/mol. The van der Waals surface area contributed by atoms with Crippen LogP contribution in [0.2, 0.25) is 0 Å². The molecule has 1 saturated carbocycles. The lowest BCUT2D eigenvalue weighted by Gasteiger charge is -2.16. The van der Waals surface area contributed by atoms with E-state index in [9.17, 15) is 8.42 Å².